The number of aromatic nitrogens is 1. The van der Waals surface area contributed by atoms with Gasteiger partial charge in [-0.15, -0.1) is 0 Å². The minimum Gasteiger partial charge on any atom is -0.497 e. The predicted octanol–water partition coefficient (Wildman–Crippen LogP) is 4.79. The van der Waals surface area contributed by atoms with Crippen LogP contribution in [0.5, 0.6) is 23.0 Å². The molecule has 1 atom stereocenters. The molecule has 35 heavy (non-hydrogen) atoms. The number of H-pyrrole nitrogens is 1. The van der Waals surface area contributed by atoms with Crippen LogP contribution in [0.4, 0.5) is 0 Å². The molecule has 0 saturated carbocycles. The Labute approximate surface area is 204 Å². The van der Waals surface area contributed by atoms with E-state index in [1.54, 1.807) is 14.2 Å². The molecule has 2 heterocycles. The second-order valence-electron chi connectivity index (χ2n) is 8.41. The molecular formula is C28H28N2O5. The summed E-state index contributed by atoms with van der Waals surface area (Å²) in [7, 11) is 3.29. The highest BCUT2D eigenvalue weighted by atomic mass is 16.6. The Morgan fingerprint density at radius 1 is 1.00 bits per heavy atom. The van der Waals surface area contributed by atoms with E-state index in [1.165, 1.54) is 0 Å². The van der Waals surface area contributed by atoms with Crippen molar-refractivity contribution >= 4 is 16.8 Å². The van der Waals surface area contributed by atoms with Crippen LogP contribution < -0.4 is 24.3 Å². The molecule has 7 heteroatoms. The average Bonchev–Trinajstić information content (AvgIpc) is 3.35. The highest BCUT2D eigenvalue weighted by Crippen LogP contribution is 2.41. The first kappa shape index (κ1) is 22.7. The lowest BCUT2D eigenvalue weighted by Crippen LogP contribution is -2.25. The number of hydrogen-bond acceptors (Lipinski definition) is 5. The van der Waals surface area contributed by atoms with E-state index in [-0.39, 0.29) is 18.2 Å². The molecule has 1 aromatic heterocycles. The summed E-state index contributed by atoms with van der Waals surface area (Å²) in [5.41, 5.74) is 3.93. The molecule has 2 N–H and O–H groups in total. The second kappa shape index (κ2) is 10.0. The Bertz CT molecular complexity index is 1330. The Morgan fingerprint density at radius 3 is 2.57 bits per heavy atom. The van der Waals surface area contributed by atoms with E-state index in [1.807, 2.05) is 66.9 Å². The van der Waals surface area contributed by atoms with Crippen molar-refractivity contribution < 1.29 is 23.7 Å². The van der Waals surface area contributed by atoms with Gasteiger partial charge in [0.25, 0.3) is 0 Å². The lowest BCUT2D eigenvalue weighted by Gasteiger charge is -2.22. The van der Waals surface area contributed by atoms with Crippen LogP contribution in [-0.2, 0) is 11.3 Å². The number of fused-ring (bicyclic) bond motifs is 2. The normalized spacial score (nSPS) is 13.3. The molecule has 1 aliphatic heterocycles. The van der Waals surface area contributed by atoms with E-state index >= 15 is 0 Å². The van der Waals surface area contributed by atoms with Gasteiger partial charge in [-0.25, -0.2) is 0 Å². The summed E-state index contributed by atoms with van der Waals surface area (Å²) in [6.45, 7) is 1.47. The van der Waals surface area contributed by atoms with Crippen molar-refractivity contribution in [2.75, 3.05) is 27.4 Å². The predicted molar refractivity (Wildman–Crippen MR) is 134 cm³/mol. The Hall–Kier alpha value is -4.13. The standard InChI is InChI=1S/C28H28N2O5/c1-32-20-9-6-18(7-10-20)16-30-27(31)15-21(19-8-11-24-26(14-19)35-13-12-34-24)22-17-29-23-4-3-5-25(33-2)28(22)23/h3-11,14,17,21,29H,12-13,15-16H2,1-2H3,(H,30,31)/t21-/m0/s1. The molecule has 0 aliphatic carbocycles. The third-order valence-corrected chi connectivity index (χ3v) is 6.30. The van der Waals surface area contributed by atoms with Gasteiger partial charge in [0.1, 0.15) is 24.7 Å². The smallest absolute Gasteiger partial charge is 0.221 e. The van der Waals surface area contributed by atoms with E-state index in [0.29, 0.717) is 25.5 Å². The molecule has 0 spiro atoms. The minimum atomic E-state index is -0.216. The highest BCUT2D eigenvalue weighted by Gasteiger charge is 2.25. The number of aromatic amines is 1. The second-order valence-corrected chi connectivity index (χ2v) is 8.41. The molecule has 0 bridgehead atoms. The third-order valence-electron chi connectivity index (χ3n) is 6.30. The summed E-state index contributed by atoms with van der Waals surface area (Å²) in [5, 5.41) is 4.03. The Balaban J connectivity index is 1.45. The van der Waals surface area contributed by atoms with Crippen molar-refractivity contribution in [3.63, 3.8) is 0 Å². The van der Waals surface area contributed by atoms with Gasteiger partial charge < -0.3 is 29.2 Å². The summed E-state index contributed by atoms with van der Waals surface area (Å²) in [4.78, 5) is 16.5. The lowest BCUT2D eigenvalue weighted by molar-refractivity contribution is -0.121. The number of rotatable bonds is 8. The van der Waals surface area contributed by atoms with Gasteiger partial charge in [0.2, 0.25) is 5.91 Å². The number of ether oxygens (including phenoxy) is 4. The number of methoxy groups -OCH3 is 2. The van der Waals surface area contributed by atoms with Crippen LogP contribution in [0.15, 0.2) is 66.9 Å². The molecule has 7 nitrogen and oxygen atoms in total. The van der Waals surface area contributed by atoms with Crippen LogP contribution in [0.2, 0.25) is 0 Å². The summed E-state index contributed by atoms with van der Waals surface area (Å²) in [6, 6.07) is 19.4. The molecular weight excluding hydrogens is 444 g/mol. The summed E-state index contributed by atoms with van der Waals surface area (Å²) in [5.74, 6) is 2.70. The molecule has 4 aromatic rings. The third kappa shape index (κ3) is 4.75. The fraction of sp³-hybridized carbons (Fsp3) is 0.250. The van der Waals surface area contributed by atoms with Gasteiger partial charge in [0.05, 0.1) is 14.2 Å². The molecule has 0 saturated heterocycles. The van der Waals surface area contributed by atoms with Gasteiger partial charge in [-0.2, -0.15) is 0 Å². The van der Waals surface area contributed by atoms with Gasteiger partial charge >= 0.3 is 0 Å². The maximum Gasteiger partial charge on any atom is 0.221 e. The number of nitrogens with one attached hydrogen (secondary N) is 2. The van der Waals surface area contributed by atoms with Gasteiger partial charge in [-0.1, -0.05) is 24.3 Å². The van der Waals surface area contributed by atoms with E-state index in [0.717, 1.165) is 44.8 Å². The van der Waals surface area contributed by atoms with Crippen LogP contribution in [0.25, 0.3) is 10.9 Å². The van der Waals surface area contributed by atoms with Gasteiger partial charge in [-0.05, 0) is 53.1 Å². The number of amides is 1. The van der Waals surface area contributed by atoms with Crippen LogP contribution in [0.3, 0.4) is 0 Å². The first-order valence-electron chi connectivity index (χ1n) is 11.6. The van der Waals surface area contributed by atoms with Crippen molar-refractivity contribution in [3.05, 3.63) is 83.6 Å². The summed E-state index contributed by atoms with van der Waals surface area (Å²) >= 11 is 0. The number of carbonyl (C=O) groups is 1. The van der Waals surface area contributed by atoms with E-state index in [2.05, 4.69) is 10.3 Å². The lowest BCUT2D eigenvalue weighted by atomic mass is 9.87. The summed E-state index contributed by atoms with van der Waals surface area (Å²) < 4.78 is 22.4. The molecule has 0 unspecified atom stereocenters. The monoisotopic (exact) mass is 472 g/mol. The van der Waals surface area contributed by atoms with E-state index in [9.17, 15) is 4.79 Å². The zero-order valence-corrected chi connectivity index (χ0v) is 19.8. The molecule has 3 aromatic carbocycles. The van der Waals surface area contributed by atoms with Crippen LogP contribution in [-0.4, -0.2) is 38.3 Å². The molecule has 0 fully saturated rings. The minimum absolute atomic E-state index is 0.0510. The fourth-order valence-corrected chi connectivity index (χ4v) is 4.51. The molecule has 0 radical (unpaired) electrons. The van der Waals surface area contributed by atoms with Gasteiger partial charge in [0.15, 0.2) is 11.5 Å². The fourth-order valence-electron chi connectivity index (χ4n) is 4.51. The maximum absolute atomic E-state index is 13.2. The molecule has 1 amide bonds. The van der Waals surface area contributed by atoms with Crippen molar-refractivity contribution in [1.29, 1.82) is 0 Å². The quantitative estimate of drug-likeness (QED) is 0.385. The van der Waals surface area contributed by atoms with Crippen molar-refractivity contribution in [2.24, 2.45) is 0 Å². The van der Waals surface area contributed by atoms with Crippen molar-refractivity contribution in [3.8, 4) is 23.0 Å². The molecule has 5 rings (SSSR count). The topological polar surface area (TPSA) is 81.8 Å². The SMILES string of the molecule is COc1ccc(CNC(=O)C[C@@H](c2ccc3c(c2)OCCO3)c2c[nH]c3cccc(OC)c23)cc1. The van der Waals surface area contributed by atoms with Gasteiger partial charge in [0, 0.05) is 36.0 Å². The van der Waals surface area contributed by atoms with E-state index < -0.39 is 0 Å². The average molecular weight is 473 g/mol. The maximum atomic E-state index is 13.2. The Morgan fingerprint density at radius 2 is 1.80 bits per heavy atom. The van der Waals surface area contributed by atoms with Crippen molar-refractivity contribution in [1.82, 2.24) is 10.3 Å². The molecule has 1 aliphatic rings. The van der Waals surface area contributed by atoms with Crippen LogP contribution in [0.1, 0.15) is 29.0 Å². The number of benzene rings is 3. The van der Waals surface area contributed by atoms with E-state index in [4.69, 9.17) is 18.9 Å². The largest absolute Gasteiger partial charge is 0.497 e. The number of carbonyl (C=O) groups excluding carboxylic acids is 1. The van der Waals surface area contributed by atoms with Crippen LogP contribution in [0, 0.1) is 0 Å². The first-order valence-corrected chi connectivity index (χ1v) is 11.6. The Kier molecular flexibility index (Phi) is 6.48. The highest BCUT2D eigenvalue weighted by molar-refractivity contribution is 5.91. The summed E-state index contributed by atoms with van der Waals surface area (Å²) in [6.07, 6.45) is 2.23. The van der Waals surface area contributed by atoms with Crippen molar-refractivity contribution in [2.45, 2.75) is 18.9 Å². The number of hydrogen-bond donors (Lipinski definition) is 2. The zero-order chi connectivity index (χ0) is 24.2. The first-order chi connectivity index (χ1) is 17.2. The van der Waals surface area contributed by atoms with Crippen LogP contribution >= 0.6 is 0 Å². The molecule has 180 valence electrons. The van der Waals surface area contributed by atoms with Gasteiger partial charge in [-0.3, -0.25) is 4.79 Å². The zero-order valence-electron chi connectivity index (χ0n) is 19.8.